The maximum absolute atomic E-state index is 12.8. The minimum atomic E-state index is -0.473. The average Bonchev–Trinajstić information content (AvgIpc) is 2.64. The molecule has 0 radical (unpaired) electrons. The first kappa shape index (κ1) is 15.7. The van der Waals surface area contributed by atoms with Crippen LogP contribution in [0.25, 0.3) is 5.57 Å². The number of carbonyl (C=O) groups excluding carboxylic acids is 3. The van der Waals surface area contributed by atoms with Crippen LogP contribution in [-0.4, -0.2) is 31.8 Å². The van der Waals surface area contributed by atoms with Gasteiger partial charge in [-0.15, -0.1) is 0 Å². The molecule has 0 aromatic heterocycles. The number of Topliss-reactive ketones (excluding diaryl/α,β-unsaturated/α-hetero) is 2. The summed E-state index contributed by atoms with van der Waals surface area (Å²) in [5, 5.41) is 0. The van der Waals surface area contributed by atoms with E-state index in [9.17, 15) is 14.4 Å². The van der Waals surface area contributed by atoms with Crippen molar-refractivity contribution in [3.63, 3.8) is 0 Å². The predicted molar refractivity (Wildman–Crippen MR) is 86.8 cm³/mol. The van der Waals surface area contributed by atoms with Crippen molar-refractivity contribution < 1.29 is 23.9 Å². The Labute approximate surface area is 138 Å². The zero-order valence-electron chi connectivity index (χ0n) is 13.2. The summed E-state index contributed by atoms with van der Waals surface area (Å²) in [7, 11) is 2.65. The Morgan fingerprint density at radius 2 is 1.42 bits per heavy atom. The van der Waals surface area contributed by atoms with Gasteiger partial charge in [-0.1, -0.05) is 36.4 Å². The molecule has 0 spiro atoms. The Morgan fingerprint density at radius 1 is 0.833 bits per heavy atom. The summed E-state index contributed by atoms with van der Waals surface area (Å²) < 4.78 is 9.87. The molecule has 120 valence electrons. The third kappa shape index (κ3) is 2.40. The van der Waals surface area contributed by atoms with Crippen LogP contribution in [0.5, 0.6) is 0 Å². The smallest absolute Gasteiger partial charge is 0.337 e. The first-order valence-electron chi connectivity index (χ1n) is 7.24. The molecule has 0 atom stereocenters. The largest absolute Gasteiger partial charge is 0.492 e. The van der Waals surface area contributed by atoms with Crippen molar-refractivity contribution in [2.24, 2.45) is 0 Å². The summed E-state index contributed by atoms with van der Waals surface area (Å²) in [6.45, 7) is 0. The predicted octanol–water partition coefficient (Wildman–Crippen LogP) is 2.91. The van der Waals surface area contributed by atoms with Gasteiger partial charge in [-0.05, 0) is 17.7 Å². The standard InChI is InChI=1S/C19H14O5/c1-23-18-15(11-7-9-12(10-8-11)19(22)24-2)16(20)13-5-3-4-6-14(13)17(18)21/h3-10H,1-2H3. The van der Waals surface area contributed by atoms with E-state index in [2.05, 4.69) is 4.74 Å². The molecule has 5 nitrogen and oxygen atoms in total. The molecule has 0 unspecified atom stereocenters. The van der Waals surface area contributed by atoms with Crippen molar-refractivity contribution in [2.45, 2.75) is 0 Å². The number of esters is 1. The van der Waals surface area contributed by atoms with Gasteiger partial charge in [0.25, 0.3) is 0 Å². The number of benzene rings is 2. The molecule has 0 aliphatic heterocycles. The average molecular weight is 322 g/mol. The fourth-order valence-corrected chi connectivity index (χ4v) is 2.70. The van der Waals surface area contributed by atoms with Crippen molar-refractivity contribution in [3.05, 3.63) is 76.5 Å². The summed E-state index contributed by atoms with van der Waals surface area (Å²) >= 11 is 0. The fourth-order valence-electron chi connectivity index (χ4n) is 2.70. The van der Waals surface area contributed by atoms with Crippen molar-refractivity contribution in [1.29, 1.82) is 0 Å². The van der Waals surface area contributed by atoms with Crippen LogP contribution in [0.3, 0.4) is 0 Å². The number of fused-ring (bicyclic) bond motifs is 1. The second-order valence-electron chi connectivity index (χ2n) is 5.18. The van der Waals surface area contributed by atoms with Gasteiger partial charge in [0, 0.05) is 11.1 Å². The number of allylic oxidation sites excluding steroid dienone is 2. The van der Waals surface area contributed by atoms with E-state index in [0.717, 1.165) is 0 Å². The number of methoxy groups -OCH3 is 2. The van der Waals surface area contributed by atoms with Crippen molar-refractivity contribution in [1.82, 2.24) is 0 Å². The van der Waals surface area contributed by atoms with Crippen LogP contribution in [0.2, 0.25) is 0 Å². The van der Waals surface area contributed by atoms with E-state index in [0.29, 0.717) is 22.3 Å². The lowest BCUT2D eigenvalue weighted by Crippen LogP contribution is -2.22. The summed E-state index contributed by atoms with van der Waals surface area (Å²) in [5.74, 6) is -1.09. The summed E-state index contributed by atoms with van der Waals surface area (Å²) in [6.07, 6.45) is 0. The van der Waals surface area contributed by atoms with Gasteiger partial charge in [-0.3, -0.25) is 9.59 Å². The molecule has 2 aromatic carbocycles. The molecule has 0 saturated heterocycles. The first-order chi connectivity index (χ1) is 11.6. The van der Waals surface area contributed by atoms with Gasteiger partial charge in [0.05, 0.1) is 25.4 Å². The minimum absolute atomic E-state index is 0.00418. The Hall–Kier alpha value is -3.21. The molecule has 5 heteroatoms. The molecule has 0 fully saturated rings. The van der Waals surface area contributed by atoms with Crippen molar-refractivity contribution in [3.8, 4) is 0 Å². The van der Waals surface area contributed by atoms with E-state index in [-0.39, 0.29) is 22.9 Å². The summed E-state index contributed by atoms with van der Waals surface area (Å²) in [4.78, 5) is 36.9. The summed E-state index contributed by atoms with van der Waals surface area (Å²) in [6, 6.07) is 12.9. The number of rotatable bonds is 3. The molecule has 0 amide bonds. The van der Waals surface area contributed by atoms with Gasteiger partial charge in [0.15, 0.2) is 11.5 Å². The molecule has 3 rings (SSSR count). The van der Waals surface area contributed by atoms with Gasteiger partial charge in [0.2, 0.25) is 5.78 Å². The Kier molecular flexibility index (Phi) is 4.00. The van der Waals surface area contributed by atoms with E-state index in [1.807, 2.05) is 0 Å². The highest BCUT2D eigenvalue weighted by Gasteiger charge is 2.33. The van der Waals surface area contributed by atoms with Crippen LogP contribution in [0, 0.1) is 0 Å². The summed E-state index contributed by atoms with van der Waals surface area (Å²) in [5.41, 5.74) is 1.73. The SMILES string of the molecule is COC(=O)c1ccc(C2=C(OC)C(=O)c3ccccc3C2=O)cc1. The number of ether oxygens (including phenoxy) is 2. The molecule has 0 heterocycles. The first-order valence-corrected chi connectivity index (χ1v) is 7.24. The van der Waals surface area contributed by atoms with Crippen LogP contribution in [0.4, 0.5) is 0 Å². The minimum Gasteiger partial charge on any atom is -0.492 e. The van der Waals surface area contributed by atoms with Crippen molar-refractivity contribution >= 4 is 23.1 Å². The topological polar surface area (TPSA) is 69.7 Å². The van der Waals surface area contributed by atoms with Gasteiger partial charge < -0.3 is 9.47 Å². The highest BCUT2D eigenvalue weighted by Crippen LogP contribution is 2.32. The number of carbonyl (C=O) groups is 3. The molecular formula is C19H14O5. The van der Waals surface area contributed by atoms with Gasteiger partial charge in [0.1, 0.15) is 0 Å². The molecule has 1 aliphatic rings. The number of hydrogen-bond donors (Lipinski definition) is 0. The zero-order valence-corrected chi connectivity index (χ0v) is 13.2. The highest BCUT2D eigenvalue weighted by atomic mass is 16.5. The number of ketones is 2. The Balaban J connectivity index is 2.13. The van der Waals surface area contributed by atoms with Crippen molar-refractivity contribution in [2.75, 3.05) is 14.2 Å². The quantitative estimate of drug-likeness (QED) is 0.813. The molecule has 0 N–H and O–H groups in total. The van der Waals surface area contributed by atoms with Crippen LogP contribution in [0.15, 0.2) is 54.3 Å². The third-order valence-electron chi connectivity index (χ3n) is 3.88. The molecular weight excluding hydrogens is 308 g/mol. The zero-order chi connectivity index (χ0) is 17.3. The van der Waals surface area contributed by atoms with Gasteiger partial charge >= 0.3 is 5.97 Å². The highest BCUT2D eigenvalue weighted by molar-refractivity contribution is 6.40. The molecule has 24 heavy (non-hydrogen) atoms. The lowest BCUT2D eigenvalue weighted by Gasteiger charge is -2.20. The molecule has 2 aromatic rings. The lowest BCUT2D eigenvalue weighted by atomic mass is 9.85. The lowest BCUT2D eigenvalue weighted by molar-refractivity contribution is 0.0600. The third-order valence-corrected chi connectivity index (χ3v) is 3.88. The van der Waals surface area contributed by atoms with E-state index >= 15 is 0 Å². The van der Waals surface area contributed by atoms with E-state index in [4.69, 9.17) is 4.74 Å². The van der Waals surface area contributed by atoms with Crippen LogP contribution in [-0.2, 0) is 9.47 Å². The van der Waals surface area contributed by atoms with E-state index < -0.39 is 5.97 Å². The maximum Gasteiger partial charge on any atom is 0.337 e. The van der Waals surface area contributed by atoms with Gasteiger partial charge in [-0.2, -0.15) is 0 Å². The van der Waals surface area contributed by atoms with E-state index in [1.165, 1.54) is 14.2 Å². The Morgan fingerprint density at radius 3 is 1.96 bits per heavy atom. The van der Waals surface area contributed by atoms with Crippen LogP contribution in [0.1, 0.15) is 36.6 Å². The monoisotopic (exact) mass is 322 g/mol. The Bertz CT molecular complexity index is 875. The maximum atomic E-state index is 12.8. The molecule has 0 bridgehead atoms. The second-order valence-corrected chi connectivity index (χ2v) is 5.18. The molecule has 0 saturated carbocycles. The van der Waals surface area contributed by atoms with E-state index in [1.54, 1.807) is 48.5 Å². The van der Waals surface area contributed by atoms with Crippen LogP contribution >= 0.6 is 0 Å². The normalized spacial score (nSPS) is 13.6. The van der Waals surface area contributed by atoms with Crippen LogP contribution < -0.4 is 0 Å². The van der Waals surface area contributed by atoms with Gasteiger partial charge in [-0.25, -0.2) is 4.79 Å². The number of hydrogen-bond acceptors (Lipinski definition) is 5. The second kappa shape index (κ2) is 6.12. The molecule has 1 aliphatic carbocycles. The fraction of sp³-hybridized carbons (Fsp3) is 0.105.